The van der Waals surface area contributed by atoms with Crippen LogP contribution in [0.5, 0.6) is 0 Å². The molecule has 2 N–H and O–H groups in total. The summed E-state index contributed by atoms with van der Waals surface area (Å²) in [5.74, 6) is 1.96. The van der Waals surface area contributed by atoms with Crippen molar-refractivity contribution in [2.45, 2.75) is 44.9 Å². The third kappa shape index (κ3) is 4.12. The number of hydrogen-bond donors (Lipinski definition) is 2. The lowest BCUT2D eigenvalue weighted by Gasteiger charge is -2.25. The fourth-order valence-electron chi connectivity index (χ4n) is 3.04. The molecule has 15 heavy (non-hydrogen) atoms. The summed E-state index contributed by atoms with van der Waals surface area (Å²) in [5.41, 5.74) is 0. The Morgan fingerprint density at radius 2 is 1.33 bits per heavy atom. The molecule has 2 saturated heterocycles. The van der Waals surface area contributed by atoms with Gasteiger partial charge in [0.2, 0.25) is 0 Å². The van der Waals surface area contributed by atoms with Crippen LogP contribution in [0.4, 0.5) is 0 Å². The van der Waals surface area contributed by atoms with Crippen LogP contribution in [0.25, 0.3) is 0 Å². The lowest BCUT2D eigenvalue weighted by molar-refractivity contribution is 0.309. The smallest absolute Gasteiger partial charge is 0.00205 e. The van der Waals surface area contributed by atoms with Crippen LogP contribution in [0.3, 0.4) is 0 Å². The van der Waals surface area contributed by atoms with Gasteiger partial charge in [0, 0.05) is 0 Å². The first kappa shape index (κ1) is 11.4. The van der Waals surface area contributed by atoms with E-state index < -0.39 is 0 Å². The molecule has 0 aromatic carbocycles. The highest BCUT2D eigenvalue weighted by molar-refractivity contribution is 4.72. The van der Waals surface area contributed by atoms with Crippen molar-refractivity contribution in [3.05, 3.63) is 0 Å². The number of rotatable bonds is 4. The van der Waals surface area contributed by atoms with Gasteiger partial charge in [0.1, 0.15) is 0 Å². The van der Waals surface area contributed by atoms with E-state index in [1.54, 1.807) is 0 Å². The zero-order chi connectivity index (χ0) is 10.3. The van der Waals surface area contributed by atoms with Crippen LogP contribution in [0, 0.1) is 11.8 Å². The van der Waals surface area contributed by atoms with Crippen LogP contribution in [0.2, 0.25) is 0 Å². The van der Waals surface area contributed by atoms with Gasteiger partial charge in [0.25, 0.3) is 0 Å². The minimum absolute atomic E-state index is 0.982. The topological polar surface area (TPSA) is 24.1 Å². The molecule has 2 heteroatoms. The molecule has 2 aliphatic heterocycles. The molecule has 2 atom stereocenters. The predicted molar refractivity (Wildman–Crippen MR) is 65.0 cm³/mol. The second-order valence-corrected chi connectivity index (χ2v) is 5.36. The highest BCUT2D eigenvalue weighted by atomic mass is 14.9. The van der Waals surface area contributed by atoms with E-state index >= 15 is 0 Å². The second kappa shape index (κ2) is 6.49. The molecule has 2 heterocycles. The first-order chi connectivity index (χ1) is 7.45. The molecule has 0 spiro atoms. The fourth-order valence-corrected chi connectivity index (χ4v) is 3.04. The van der Waals surface area contributed by atoms with E-state index in [9.17, 15) is 0 Å². The van der Waals surface area contributed by atoms with Gasteiger partial charge in [-0.3, -0.25) is 0 Å². The van der Waals surface area contributed by atoms with E-state index in [1.807, 2.05) is 0 Å². The van der Waals surface area contributed by atoms with Crippen molar-refractivity contribution in [2.75, 3.05) is 26.2 Å². The highest BCUT2D eigenvalue weighted by Crippen LogP contribution is 2.21. The van der Waals surface area contributed by atoms with E-state index in [2.05, 4.69) is 10.6 Å². The quantitative estimate of drug-likeness (QED) is 0.743. The Morgan fingerprint density at radius 1 is 0.800 bits per heavy atom. The Labute approximate surface area is 94.2 Å². The van der Waals surface area contributed by atoms with Crippen molar-refractivity contribution in [3.8, 4) is 0 Å². The average Bonchev–Trinajstić information content (AvgIpc) is 2.32. The molecule has 2 rings (SSSR count). The van der Waals surface area contributed by atoms with Gasteiger partial charge in [-0.15, -0.1) is 0 Å². The first-order valence-corrected chi connectivity index (χ1v) is 6.86. The molecular weight excluding hydrogens is 184 g/mol. The Kier molecular flexibility index (Phi) is 4.94. The maximum absolute atomic E-state index is 3.51. The molecule has 0 radical (unpaired) electrons. The SMILES string of the molecule is C1CNCC(CCCC2CCCNC2)C1. The summed E-state index contributed by atoms with van der Waals surface area (Å²) in [6.45, 7) is 5.07. The van der Waals surface area contributed by atoms with Crippen molar-refractivity contribution in [2.24, 2.45) is 11.8 Å². The van der Waals surface area contributed by atoms with Crippen LogP contribution < -0.4 is 10.6 Å². The lowest BCUT2D eigenvalue weighted by atomic mass is 9.89. The maximum atomic E-state index is 3.51. The summed E-state index contributed by atoms with van der Waals surface area (Å²) >= 11 is 0. The van der Waals surface area contributed by atoms with Gasteiger partial charge < -0.3 is 10.6 Å². The van der Waals surface area contributed by atoms with Crippen LogP contribution in [0.1, 0.15) is 44.9 Å². The molecule has 2 aliphatic rings. The van der Waals surface area contributed by atoms with Gasteiger partial charge >= 0.3 is 0 Å². The van der Waals surface area contributed by atoms with Gasteiger partial charge in [-0.2, -0.15) is 0 Å². The summed E-state index contributed by atoms with van der Waals surface area (Å²) < 4.78 is 0. The number of nitrogens with one attached hydrogen (secondary N) is 2. The summed E-state index contributed by atoms with van der Waals surface area (Å²) in [6.07, 6.45) is 10.1. The van der Waals surface area contributed by atoms with E-state index in [1.165, 1.54) is 71.1 Å². The van der Waals surface area contributed by atoms with Crippen LogP contribution >= 0.6 is 0 Å². The molecule has 0 aliphatic carbocycles. The Balaban J connectivity index is 1.53. The summed E-state index contributed by atoms with van der Waals surface area (Å²) in [7, 11) is 0. The van der Waals surface area contributed by atoms with E-state index in [0.717, 1.165) is 11.8 Å². The number of piperidine rings is 2. The molecule has 2 fully saturated rings. The normalized spacial score (nSPS) is 32.8. The molecular formula is C13H26N2. The van der Waals surface area contributed by atoms with E-state index in [4.69, 9.17) is 0 Å². The third-order valence-corrected chi connectivity index (χ3v) is 4.02. The third-order valence-electron chi connectivity index (χ3n) is 4.02. The van der Waals surface area contributed by atoms with Crippen LogP contribution in [0.15, 0.2) is 0 Å². The Hall–Kier alpha value is -0.0800. The largest absolute Gasteiger partial charge is 0.316 e. The average molecular weight is 210 g/mol. The maximum Gasteiger partial charge on any atom is -0.00205 e. The molecule has 0 aromatic rings. The first-order valence-electron chi connectivity index (χ1n) is 6.86. The van der Waals surface area contributed by atoms with Crippen molar-refractivity contribution in [3.63, 3.8) is 0 Å². The van der Waals surface area contributed by atoms with Crippen molar-refractivity contribution in [1.29, 1.82) is 0 Å². The molecule has 0 aromatic heterocycles. The van der Waals surface area contributed by atoms with Crippen LogP contribution in [-0.4, -0.2) is 26.2 Å². The highest BCUT2D eigenvalue weighted by Gasteiger charge is 2.15. The fraction of sp³-hybridized carbons (Fsp3) is 1.00. The Bertz CT molecular complexity index is 140. The molecule has 0 amide bonds. The second-order valence-electron chi connectivity index (χ2n) is 5.36. The zero-order valence-electron chi connectivity index (χ0n) is 9.93. The van der Waals surface area contributed by atoms with Gasteiger partial charge in [-0.25, -0.2) is 0 Å². The van der Waals surface area contributed by atoms with Crippen LogP contribution in [-0.2, 0) is 0 Å². The summed E-state index contributed by atoms with van der Waals surface area (Å²) in [4.78, 5) is 0. The minimum atomic E-state index is 0.982. The molecule has 2 unspecified atom stereocenters. The number of hydrogen-bond acceptors (Lipinski definition) is 2. The lowest BCUT2D eigenvalue weighted by Crippen LogP contribution is -2.31. The van der Waals surface area contributed by atoms with Gasteiger partial charge in [-0.05, 0) is 76.5 Å². The summed E-state index contributed by atoms with van der Waals surface area (Å²) in [6, 6.07) is 0. The standard InChI is InChI=1S/C13H26N2/c1(4-12-6-2-8-14-10-12)5-13-7-3-9-15-11-13/h12-15H,1-11H2. The summed E-state index contributed by atoms with van der Waals surface area (Å²) in [5, 5.41) is 7.02. The molecule has 88 valence electrons. The monoisotopic (exact) mass is 210 g/mol. The molecule has 0 bridgehead atoms. The van der Waals surface area contributed by atoms with Gasteiger partial charge in [0.05, 0.1) is 0 Å². The molecule has 0 saturated carbocycles. The predicted octanol–water partition coefficient (Wildman–Crippen LogP) is 2.16. The Morgan fingerprint density at radius 3 is 1.73 bits per heavy atom. The van der Waals surface area contributed by atoms with Crippen molar-refractivity contribution >= 4 is 0 Å². The van der Waals surface area contributed by atoms with E-state index in [0.29, 0.717) is 0 Å². The van der Waals surface area contributed by atoms with Gasteiger partial charge in [0.15, 0.2) is 0 Å². The van der Waals surface area contributed by atoms with E-state index in [-0.39, 0.29) is 0 Å². The zero-order valence-corrected chi connectivity index (χ0v) is 9.93. The minimum Gasteiger partial charge on any atom is -0.316 e. The van der Waals surface area contributed by atoms with Crippen molar-refractivity contribution < 1.29 is 0 Å². The molecule has 2 nitrogen and oxygen atoms in total. The van der Waals surface area contributed by atoms with Crippen molar-refractivity contribution in [1.82, 2.24) is 10.6 Å². The van der Waals surface area contributed by atoms with Gasteiger partial charge in [-0.1, -0.05) is 6.42 Å².